The van der Waals surface area contributed by atoms with Gasteiger partial charge in [-0.15, -0.1) is 0 Å². The average Bonchev–Trinajstić information content (AvgIpc) is 3.13. The van der Waals surface area contributed by atoms with Gasteiger partial charge in [0.15, 0.2) is 24.5 Å². The number of carbonyl (C=O) groups is 3. The number of fused-ring (bicyclic) bond motifs is 7. The highest BCUT2D eigenvalue weighted by Gasteiger charge is 2.71. The van der Waals surface area contributed by atoms with Gasteiger partial charge in [-0.2, -0.15) is 0 Å². The molecule has 4 saturated carbocycles. The molecule has 57 heavy (non-hydrogen) atoms. The Kier molecular flexibility index (Phi) is 10.8. The van der Waals surface area contributed by atoms with Crippen LogP contribution >= 0.6 is 0 Å². The summed E-state index contributed by atoms with van der Waals surface area (Å²) in [4.78, 5) is 39.1. The van der Waals surface area contributed by atoms with Crippen molar-refractivity contribution in [2.45, 2.75) is 174 Å². The molecular formula is C42H64O15. The number of carboxylic acids is 2. The molecule has 2 aliphatic heterocycles. The molecule has 2 saturated heterocycles. The number of hydrogen-bond acceptors (Lipinski definition) is 13. The molecule has 15 heteroatoms. The van der Waals surface area contributed by atoms with Gasteiger partial charge in [0.05, 0.1) is 18.1 Å². The Morgan fingerprint density at radius 2 is 1.44 bits per heavy atom. The third kappa shape index (κ3) is 6.31. The van der Waals surface area contributed by atoms with Gasteiger partial charge < -0.3 is 59.8 Å². The Balaban J connectivity index is 1.16. The summed E-state index contributed by atoms with van der Waals surface area (Å²) < 4.78 is 23.8. The Bertz CT molecular complexity index is 1650. The third-order valence-electron chi connectivity index (χ3n) is 17.3. The van der Waals surface area contributed by atoms with Gasteiger partial charge in [-0.05, 0) is 110 Å². The van der Waals surface area contributed by atoms with E-state index in [-0.39, 0.29) is 39.8 Å². The summed E-state index contributed by atoms with van der Waals surface area (Å²) in [5, 5.41) is 83.3. The van der Waals surface area contributed by atoms with Crippen LogP contribution in [0.2, 0.25) is 0 Å². The number of aliphatic hydroxyl groups is 6. The van der Waals surface area contributed by atoms with E-state index in [0.29, 0.717) is 25.7 Å². The van der Waals surface area contributed by atoms with Crippen LogP contribution in [0, 0.1) is 50.2 Å². The van der Waals surface area contributed by atoms with Crippen LogP contribution in [-0.4, -0.2) is 133 Å². The van der Waals surface area contributed by atoms with Gasteiger partial charge >= 0.3 is 11.9 Å². The molecule has 5 aliphatic carbocycles. The molecule has 0 radical (unpaired) electrons. The zero-order chi connectivity index (χ0) is 42.0. The second-order valence-electron chi connectivity index (χ2n) is 20.6. The molecular weight excluding hydrogens is 744 g/mol. The van der Waals surface area contributed by atoms with Gasteiger partial charge in [-0.25, -0.2) is 4.79 Å². The van der Waals surface area contributed by atoms with E-state index in [4.69, 9.17) is 18.9 Å². The number of hydrogen-bond donors (Lipinski definition) is 8. The maximum absolute atomic E-state index is 14.8. The van der Waals surface area contributed by atoms with Crippen molar-refractivity contribution in [1.29, 1.82) is 0 Å². The lowest BCUT2D eigenvalue weighted by atomic mass is 9.33. The Labute approximate surface area is 333 Å². The van der Waals surface area contributed by atoms with E-state index in [1.54, 1.807) is 0 Å². The summed E-state index contributed by atoms with van der Waals surface area (Å²) in [6.45, 7) is 14.4. The molecule has 15 nitrogen and oxygen atoms in total. The molecule has 322 valence electrons. The number of ether oxygens (including phenoxy) is 4. The summed E-state index contributed by atoms with van der Waals surface area (Å²) >= 11 is 0. The SMILES string of the molecule is CC1(C)[C@@H](O[C@@H]2O[C@H](CO)[C@@H](O)[C@H](O)[C@H]2O[C@@H]2O[C@H](C(=O)O)[C@H](O)[C@H](O)[C@H]2O)CC[C@]2(C)[C@H]3C(=O)C=C4[C@H]5C[C@@](C)(C(=O)O)CC[C@]5(C)CC[C@@]4(C)[C@]3(C)CC[C@@H]12. The van der Waals surface area contributed by atoms with Crippen molar-refractivity contribution in [1.82, 2.24) is 0 Å². The summed E-state index contributed by atoms with van der Waals surface area (Å²) in [6.07, 6.45) is -9.70. The predicted molar refractivity (Wildman–Crippen MR) is 199 cm³/mol. The lowest BCUT2D eigenvalue weighted by Gasteiger charge is -2.70. The van der Waals surface area contributed by atoms with Gasteiger partial charge in [-0.1, -0.05) is 47.1 Å². The van der Waals surface area contributed by atoms with Crippen molar-refractivity contribution in [3.63, 3.8) is 0 Å². The van der Waals surface area contributed by atoms with Gasteiger partial charge in [0.25, 0.3) is 0 Å². The van der Waals surface area contributed by atoms with Crippen LogP contribution in [0.4, 0.5) is 0 Å². The standard InChI is InChI=1S/C42H64O15/c1-37(2)23-8-11-42(7)32(21(44)16-19-20-17-39(4,36(52)53)13-12-38(20,3)14-15-41(19,42)6)40(23,5)10-9-24(37)55-35-31(27(47)25(45)22(18-43)54-35)57-34-29(49)26(46)28(48)30(56-34)33(50)51/h16,20,22-32,34-35,43,45-49H,8-15,17-18H2,1-7H3,(H,50,51)(H,52,53)/t20-,22-,23+,24+,25-,26+,27+,28-,29-,30+,31-,32-,34+,35+,38-,39+,40+,41-,42-/m1/s1. The van der Waals surface area contributed by atoms with Gasteiger partial charge in [0.2, 0.25) is 0 Å². The van der Waals surface area contributed by atoms with E-state index < -0.39 is 102 Å². The first-order valence-corrected chi connectivity index (χ1v) is 20.8. The number of ketones is 1. The Hall–Kier alpha value is -2.05. The van der Waals surface area contributed by atoms with Crippen molar-refractivity contribution in [2.24, 2.45) is 50.2 Å². The van der Waals surface area contributed by atoms with Crippen molar-refractivity contribution in [2.75, 3.05) is 6.61 Å². The molecule has 0 aromatic carbocycles. The van der Waals surface area contributed by atoms with E-state index in [2.05, 4.69) is 41.5 Å². The lowest BCUT2D eigenvalue weighted by Crippen LogP contribution is -2.68. The quantitative estimate of drug-likeness (QED) is 0.172. The summed E-state index contributed by atoms with van der Waals surface area (Å²) in [6, 6.07) is 0. The molecule has 0 amide bonds. The second-order valence-corrected chi connectivity index (χ2v) is 20.6. The van der Waals surface area contributed by atoms with Crippen LogP contribution in [0.3, 0.4) is 0 Å². The monoisotopic (exact) mass is 808 g/mol. The molecule has 0 aromatic heterocycles. The lowest BCUT2D eigenvalue weighted by molar-refractivity contribution is -0.375. The molecule has 7 rings (SSSR count). The topological polar surface area (TPSA) is 250 Å². The molecule has 7 aliphatic rings. The fraction of sp³-hybridized carbons (Fsp3) is 0.881. The molecule has 0 bridgehead atoms. The van der Waals surface area contributed by atoms with Crippen LogP contribution in [0.25, 0.3) is 0 Å². The van der Waals surface area contributed by atoms with Crippen molar-refractivity contribution in [3.8, 4) is 0 Å². The first-order valence-electron chi connectivity index (χ1n) is 20.8. The summed E-state index contributed by atoms with van der Waals surface area (Å²) in [5.41, 5.74) is -1.51. The van der Waals surface area contributed by atoms with Crippen LogP contribution in [0.15, 0.2) is 11.6 Å². The minimum Gasteiger partial charge on any atom is -0.481 e. The number of carboxylic acid groups (broad SMARTS) is 2. The highest BCUT2D eigenvalue weighted by Crippen LogP contribution is 2.75. The van der Waals surface area contributed by atoms with E-state index >= 15 is 0 Å². The van der Waals surface area contributed by atoms with Crippen LogP contribution < -0.4 is 0 Å². The van der Waals surface area contributed by atoms with E-state index in [1.807, 2.05) is 13.0 Å². The zero-order valence-corrected chi connectivity index (χ0v) is 34.2. The number of allylic oxidation sites excluding steroid dienone is 2. The molecule has 0 unspecified atom stereocenters. The molecule has 0 aromatic rings. The number of aliphatic carboxylic acids is 2. The van der Waals surface area contributed by atoms with Crippen molar-refractivity contribution >= 4 is 17.7 Å². The molecule has 6 fully saturated rings. The Morgan fingerprint density at radius 1 is 0.772 bits per heavy atom. The summed E-state index contributed by atoms with van der Waals surface area (Å²) in [5.74, 6) is -2.62. The molecule has 2 heterocycles. The van der Waals surface area contributed by atoms with Crippen molar-refractivity contribution in [3.05, 3.63) is 11.6 Å². The first-order chi connectivity index (χ1) is 26.4. The molecule has 19 atom stereocenters. The second kappa shape index (κ2) is 14.3. The first kappa shape index (κ1) is 43.1. The van der Waals surface area contributed by atoms with Gasteiger partial charge in [0.1, 0.15) is 42.7 Å². The minimum absolute atomic E-state index is 0.00433. The summed E-state index contributed by atoms with van der Waals surface area (Å²) in [7, 11) is 0. The molecule has 0 spiro atoms. The van der Waals surface area contributed by atoms with Gasteiger partial charge in [-0.3, -0.25) is 9.59 Å². The smallest absolute Gasteiger partial charge is 0.335 e. The van der Waals surface area contributed by atoms with E-state index in [1.165, 1.54) is 0 Å². The third-order valence-corrected chi connectivity index (χ3v) is 17.3. The normalized spacial score (nSPS) is 53.4. The maximum Gasteiger partial charge on any atom is 0.335 e. The number of aliphatic hydroxyl groups excluding tert-OH is 6. The highest BCUT2D eigenvalue weighted by atomic mass is 16.8. The van der Waals surface area contributed by atoms with Crippen LogP contribution in [0.1, 0.15) is 106 Å². The predicted octanol–water partition coefficient (Wildman–Crippen LogP) is 2.15. The fourth-order valence-electron chi connectivity index (χ4n) is 13.4. The Morgan fingerprint density at radius 3 is 2.07 bits per heavy atom. The highest BCUT2D eigenvalue weighted by molar-refractivity contribution is 5.95. The average molecular weight is 809 g/mol. The zero-order valence-electron chi connectivity index (χ0n) is 34.2. The van der Waals surface area contributed by atoms with Crippen molar-refractivity contribution < 1.29 is 74.2 Å². The fourth-order valence-corrected chi connectivity index (χ4v) is 13.4. The number of rotatable bonds is 7. The van der Waals surface area contributed by atoms with Crippen LogP contribution in [-0.2, 0) is 33.3 Å². The maximum atomic E-state index is 14.8. The number of carbonyl (C=O) groups excluding carboxylic acids is 1. The molecule has 8 N–H and O–H groups in total. The van der Waals surface area contributed by atoms with Crippen LogP contribution in [0.5, 0.6) is 0 Å². The minimum atomic E-state index is -1.98. The largest absolute Gasteiger partial charge is 0.481 e. The van der Waals surface area contributed by atoms with E-state index in [9.17, 15) is 55.2 Å². The van der Waals surface area contributed by atoms with Gasteiger partial charge in [0, 0.05) is 5.92 Å². The van der Waals surface area contributed by atoms with E-state index in [0.717, 1.165) is 37.7 Å².